The molecule has 2 aromatic carbocycles. The molecular weight excluding hydrogens is 290 g/mol. The third kappa shape index (κ3) is 4.96. The molecule has 0 spiro atoms. The first-order chi connectivity index (χ1) is 11.1. The number of nitrogens with zero attached hydrogens (tertiary/aromatic N) is 1. The standard InChI is InChI=1S/C19H25NO3/c1-15(2)13-20(11-12-22-3)19(21)14-23-18-10-6-8-16-7-4-5-9-17(16)18/h4-10,15H,11-14H2,1-3H3. The van der Waals surface area contributed by atoms with E-state index in [-0.39, 0.29) is 12.5 Å². The van der Waals surface area contributed by atoms with Crippen LogP contribution in [-0.4, -0.2) is 44.2 Å². The summed E-state index contributed by atoms with van der Waals surface area (Å²) in [6.07, 6.45) is 0. The van der Waals surface area contributed by atoms with Crippen molar-refractivity contribution in [3.8, 4) is 5.75 Å². The Hall–Kier alpha value is -2.07. The van der Waals surface area contributed by atoms with Crippen molar-refractivity contribution in [2.75, 3.05) is 33.4 Å². The third-order valence-corrected chi connectivity index (χ3v) is 3.60. The molecule has 2 aromatic rings. The lowest BCUT2D eigenvalue weighted by atomic mass is 10.1. The van der Waals surface area contributed by atoms with Gasteiger partial charge in [0.15, 0.2) is 6.61 Å². The van der Waals surface area contributed by atoms with Gasteiger partial charge in [-0.2, -0.15) is 0 Å². The molecule has 0 aliphatic heterocycles. The fraction of sp³-hybridized carbons (Fsp3) is 0.421. The maximum absolute atomic E-state index is 12.4. The molecule has 0 radical (unpaired) electrons. The molecule has 0 atom stereocenters. The number of rotatable bonds is 8. The molecule has 0 heterocycles. The Morgan fingerprint density at radius 1 is 1.13 bits per heavy atom. The minimum Gasteiger partial charge on any atom is -0.483 e. The normalized spacial score (nSPS) is 11.0. The van der Waals surface area contributed by atoms with Gasteiger partial charge in [0, 0.05) is 25.6 Å². The number of amides is 1. The zero-order valence-corrected chi connectivity index (χ0v) is 14.1. The first-order valence-electron chi connectivity index (χ1n) is 7.99. The summed E-state index contributed by atoms with van der Waals surface area (Å²) < 4.78 is 10.9. The zero-order chi connectivity index (χ0) is 16.7. The van der Waals surface area contributed by atoms with Gasteiger partial charge in [-0.25, -0.2) is 0 Å². The van der Waals surface area contributed by atoms with Crippen molar-refractivity contribution in [3.05, 3.63) is 42.5 Å². The highest BCUT2D eigenvalue weighted by atomic mass is 16.5. The molecule has 23 heavy (non-hydrogen) atoms. The van der Waals surface area contributed by atoms with E-state index in [1.165, 1.54) is 0 Å². The van der Waals surface area contributed by atoms with E-state index in [0.29, 0.717) is 25.6 Å². The van der Waals surface area contributed by atoms with Crippen LogP contribution in [0.25, 0.3) is 10.8 Å². The first-order valence-corrected chi connectivity index (χ1v) is 7.99. The second-order valence-corrected chi connectivity index (χ2v) is 5.99. The fourth-order valence-corrected chi connectivity index (χ4v) is 2.51. The first kappa shape index (κ1) is 17.3. The van der Waals surface area contributed by atoms with Crippen LogP contribution in [0.2, 0.25) is 0 Å². The lowest BCUT2D eigenvalue weighted by Gasteiger charge is -2.24. The van der Waals surface area contributed by atoms with Crippen LogP contribution >= 0.6 is 0 Å². The van der Waals surface area contributed by atoms with Gasteiger partial charge in [0.25, 0.3) is 5.91 Å². The Balaban J connectivity index is 2.03. The molecule has 0 aromatic heterocycles. The second kappa shape index (κ2) is 8.53. The summed E-state index contributed by atoms with van der Waals surface area (Å²) >= 11 is 0. The van der Waals surface area contributed by atoms with Gasteiger partial charge >= 0.3 is 0 Å². The Morgan fingerprint density at radius 2 is 1.87 bits per heavy atom. The Labute approximate surface area is 138 Å². The molecule has 0 aliphatic carbocycles. The van der Waals surface area contributed by atoms with Gasteiger partial charge in [-0.1, -0.05) is 50.2 Å². The molecule has 0 unspecified atom stereocenters. The van der Waals surface area contributed by atoms with Crippen LogP contribution in [0, 0.1) is 5.92 Å². The number of fused-ring (bicyclic) bond motifs is 1. The number of hydrogen-bond acceptors (Lipinski definition) is 3. The van der Waals surface area contributed by atoms with Crippen LogP contribution in [-0.2, 0) is 9.53 Å². The van der Waals surface area contributed by atoms with E-state index in [0.717, 1.165) is 16.5 Å². The quantitative estimate of drug-likeness (QED) is 0.750. The SMILES string of the molecule is COCCN(CC(C)C)C(=O)COc1cccc2ccccc12. The van der Waals surface area contributed by atoms with E-state index in [1.54, 1.807) is 12.0 Å². The van der Waals surface area contributed by atoms with Crippen LogP contribution in [0.3, 0.4) is 0 Å². The minimum atomic E-state index is -0.0105. The molecule has 4 heteroatoms. The van der Waals surface area contributed by atoms with Crippen molar-refractivity contribution in [2.45, 2.75) is 13.8 Å². The van der Waals surface area contributed by atoms with Gasteiger partial charge in [-0.05, 0) is 17.4 Å². The van der Waals surface area contributed by atoms with Crippen LogP contribution in [0.4, 0.5) is 0 Å². The molecular formula is C19H25NO3. The summed E-state index contributed by atoms with van der Waals surface area (Å²) in [7, 11) is 1.64. The zero-order valence-electron chi connectivity index (χ0n) is 14.1. The maximum atomic E-state index is 12.4. The minimum absolute atomic E-state index is 0.0105. The van der Waals surface area contributed by atoms with Crippen molar-refractivity contribution in [1.29, 1.82) is 0 Å². The summed E-state index contributed by atoms with van der Waals surface area (Å²) in [6, 6.07) is 13.9. The van der Waals surface area contributed by atoms with Crippen LogP contribution in [0.1, 0.15) is 13.8 Å². The number of ether oxygens (including phenoxy) is 2. The maximum Gasteiger partial charge on any atom is 0.260 e. The van der Waals surface area contributed by atoms with Crippen molar-refractivity contribution in [1.82, 2.24) is 4.90 Å². The summed E-state index contributed by atoms with van der Waals surface area (Å²) in [6.45, 7) is 6.07. The Morgan fingerprint density at radius 3 is 2.61 bits per heavy atom. The monoisotopic (exact) mass is 315 g/mol. The van der Waals surface area contributed by atoms with Crippen LogP contribution in [0.15, 0.2) is 42.5 Å². The highest BCUT2D eigenvalue weighted by Crippen LogP contribution is 2.25. The molecule has 0 fully saturated rings. The topological polar surface area (TPSA) is 38.8 Å². The largest absolute Gasteiger partial charge is 0.483 e. The van der Waals surface area contributed by atoms with Crippen molar-refractivity contribution in [2.24, 2.45) is 5.92 Å². The summed E-state index contributed by atoms with van der Waals surface area (Å²) in [5, 5.41) is 2.13. The number of carbonyl (C=O) groups is 1. The molecule has 2 rings (SSSR count). The van der Waals surface area contributed by atoms with Gasteiger partial charge in [-0.15, -0.1) is 0 Å². The summed E-state index contributed by atoms with van der Waals surface area (Å²) in [4.78, 5) is 14.2. The van der Waals surface area contributed by atoms with Crippen molar-refractivity contribution < 1.29 is 14.3 Å². The lowest BCUT2D eigenvalue weighted by molar-refractivity contribution is -0.134. The van der Waals surface area contributed by atoms with Crippen molar-refractivity contribution >= 4 is 16.7 Å². The average Bonchev–Trinajstić information content (AvgIpc) is 2.56. The highest BCUT2D eigenvalue weighted by Gasteiger charge is 2.15. The smallest absolute Gasteiger partial charge is 0.260 e. The predicted molar refractivity (Wildman–Crippen MR) is 92.7 cm³/mol. The second-order valence-electron chi connectivity index (χ2n) is 5.99. The number of benzene rings is 2. The van der Waals surface area contributed by atoms with E-state index in [4.69, 9.17) is 9.47 Å². The van der Waals surface area contributed by atoms with Crippen LogP contribution < -0.4 is 4.74 Å². The van der Waals surface area contributed by atoms with Gasteiger partial charge < -0.3 is 14.4 Å². The van der Waals surface area contributed by atoms with Gasteiger partial charge in [0.05, 0.1) is 6.61 Å². The van der Waals surface area contributed by atoms with E-state index in [1.807, 2.05) is 42.5 Å². The van der Waals surface area contributed by atoms with Gasteiger partial charge in [0.2, 0.25) is 0 Å². The van der Waals surface area contributed by atoms with E-state index in [9.17, 15) is 4.79 Å². The number of methoxy groups -OCH3 is 1. The summed E-state index contributed by atoms with van der Waals surface area (Å²) in [5.41, 5.74) is 0. The van der Waals surface area contributed by atoms with E-state index >= 15 is 0 Å². The Bertz CT molecular complexity index is 634. The molecule has 0 bridgehead atoms. The number of hydrogen-bond donors (Lipinski definition) is 0. The fourth-order valence-electron chi connectivity index (χ4n) is 2.51. The van der Waals surface area contributed by atoms with Crippen LogP contribution in [0.5, 0.6) is 5.75 Å². The van der Waals surface area contributed by atoms with Gasteiger partial charge in [0.1, 0.15) is 5.75 Å². The molecule has 1 amide bonds. The van der Waals surface area contributed by atoms with E-state index < -0.39 is 0 Å². The highest BCUT2D eigenvalue weighted by molar-refractivity contribution is 5.88. The molecule has 124 valence electrons. The van der Waals surface area contributed by atoms with Gasteiger partial charge in [-0.3, -0.25) is 4.79 Å². The molecule has 0 saturated heterocycles. The van der Waals surface area contributed by atoms with E-state index in [2.05, 4.69) is 13.8 Å². The van der Waals surface area contributed by atoms with Crippen molar-refractivity contribution in [3.63, 3.8) is 0 Å². The summed E-state index contributed by atoms with van der Waals surface area (Å²) in [5.74, 6) is 1.14. The molecule has 0 saturated carbocycles. The number of carbonyl (C=O) groups excluding carboxylic acids is 1. The predicted octanol–water partition coefficient (Wildman–Crippen LogP) is 3.35. The Kier molecular flexibility index (Phi) is 6.41. The lowest BCUT2D eigenvalue weighted by Crippen LogP contribution is -2.39. The third-order valence-electron chi connectivity index (χ3n) is 3.60. The molecule has 0 aliphatic rings. The average molecular weight is 315 g/mol. The molecule has 0 N–H and O–H groups in total. The molecule has 4 nitrogen and oxygen atoms in total.